The van der Waals surface area contributed by atoms with Crippen LogP contribution in [0, 0.1) is 5.92 Å². The van der Waals surface area contributed by atoms with Crippen LogP contribution >= 0.6 is 0 Å². The topological polar surface area (TPSA) is 83.8 Å². The molecule has 1 aromatic heterocycles. The number of nitrogens with one attached hydrogen (secondary N) is 2. The third-order valence-corrected chi connectivity index (χ3v) is 2.62. The third-order valence-electron chi connectivity index (χ3n) is 2.62. The van der Waals surface area contributed by atoms with Crippen LogP contribution in [0.1, 0.15) is 25.6 Å². The van der Waals surface area contributed by atoms with Crippen LogP contribution in [0.2, 0.25) is 0 Å². The second-order valence-corrected chi connectivity index (χ2v) is 3.85. The molecule has 0 fully saturated rings. The van der Waals surface area contributed by atoms with Crippen LogP contribution in [0.25, 0.3) is 0 Å². The Balaban J connectivity index is 2.15. The van der Waals surface area contributed by atoms with Crippen LogP contribution in [-0.2, 0) is 11.2 Å². The summed E-state index contributed by atoms with van der Waals surface area (Å²) < 4.78 is 0. The molecule has 0 aliphatic heterocycles. The van der Waals surface area contributed by atoms with Crippen molar-refractivity contribution in [2.75, 3.05) is 13.1 Å². The quantitative estimate of drug-likeness (QED) is 0.628. The van der Waals surface area contributed by atoms with E-state index in [-0.39, 0.29) is 5.91 Å². The molecule has 0 saturated heterocycles. The van der Waals surface area contributed by atoms with E-state index < -0.39 is 0 Å². The molecule has 0 aromatic carbocycles. The highest BCUT2D eigenvalue weighted by Crippen LogP contribution is 2.05. The van der Waals surface area contributed by atoms with E-state index in [9.17, 15) is 4.79 Å². The lowest BCUT2D eigenvalue weighted by Gasteiger charge is -2.11. The van der Waals surface area contributed by atoms with Gasteiger partial charge in [-0.15, -0.1) is 0 Å². The monoisotopic (exact) mass is 224 g/mol. The lowest BCUT2D eigenvalue weighted by molar-refractivity contribution is -0.121. The highest BCUT2D eigenvalue weighted by atomic mass is 16.1. The molecule has 1 rings (SSSR count). The van der Waals surface area contributed by atoms with Gasteiger partial charge in [0.25, 0.3) is 0 Å². The number of rotatable bonds is 7. The van der Waals surface area contributed by atoms with E-state index in [0.717, 1.165) is 18.7 Å². The normalized spacial score (nSPS) is 12.4. The molecule has 0 aliphatic carbocycles. The lowest BCUT2D eigenvalue weighted by Crippen LogP contribution is -2.29. The molecular formula is C11H20N4O. The van der Waals surface area contributed by atoms with Crippen molar-refractivity contribution >= 4 is 5.91 Å². The van der Waals surface area contributed by atoms with Crippen molar-refractivity contribution < 1.29 is 4.79 Å². The standard InChI is InChI=1S/C11H20N4O/c1-2-9(8-12)7-11(16)15-4-3-10-13-5-6-14-10/h5-6,9H,2-4,7-8,12H2,1H3,(H,13,14)(H,15,16). The minimum atomic E-state index is 0.0730. The van der Waals surface area contributed by atoms with Crippen molar-refractivity contribution in [3.8, 4) is 0 Å². The maximum Gasteiger partial charge on any atom is 0.220 e. The fourth-order valence-electron chi connectivity index (χ4n) is 1.48. The largest absolute Gasteiger partial charge is 0.356 e. The zero-order valence-electron chi connectivity index (χ0n) is 9.70. The van der Waals surface area contributed by atoms with E-state index in [4.69, 9.17) is 5.73 Å². The first-order chi connectivity index (χ1) is 7.76. The average Bonchev–Trinajstić information content (AvgIpc) is 2.79. The predicted octanol–water partition coefficient (Wildman–Crippen LogP) is 0.443. The van der Waals surface area contributed by atoms with E-state index in [1.807, 2.05) is 6.92 Å². The van der Waals surface area contributed by atoms with Gasteiger partial charge in [0.2, 0.25) is 5.91 Å². The van der Waals surface area contributed by atoms with Gasteiger partial charge < -0.3 is 16.0 Å². The van der Waals surface area contributed by atoms with E-state index in [1.54, 1.807) is 12.4 Å². The van der Waals surface area contributed by atoms with Crippen molar-refractivity contribution in [2.24, 2.45) is 11.7 Å². The van der Waals surface area contributed by atoms with Gasteiger partial charge in [-0.2, -0.15) is 0 Å². The molecule has 1 atom stereocenters. The number of nitrogens with two attached hydrogens (primary N) is 1. The predicted molar refractivity (Wildman–Crippen MR) is 62.8 cm³/mol. The average molecular weight is 224 g/mol. The van der Waals surface area contributed by atoms with Gasteiger partial charge in [-0.25, -0.2) is 4.98 Å². The third kappa shape index (κ3) is 4.44. The number of carbonyl (C=O) groups is 1. The first-order valence-corrected chi connectivity index (χ1v) is 5.71. The highest BCUT2D eigenvalue weighted by Gasteiger charge is 2.09. The maximum absolute atomic E-state index is 11.5. The summed E-state index contributed by atoms with van der Waals surface area (Å²) in [6.45, 7) is 3.24. The lowest BCUT2D eigenvalue weighted by atomic mass is 10.0. The Morgan fingerprint density at radius 3 is 3.06 bits per heavy atom. The van der Waals surface area contributed by atoms with Crippen LogP contribution in [0.4, 0.5) is 0 Å². The van der Waals surface area contributed by atoms with Crippen LogP contribution < -0.4 is 11.1 Å². The molecule has 0 bridgehead atoms. The highest BCUT2D eigenvalue weighted by molar-refractivity contribution is 5.76. The second-order valence-electron chi connectivity index (χ2n) is 3.85. The molecule has 4 N–H and O–H groups in total. The molecule has 16 heavy (non-hydrogen) atoms. The Morgan fingerprint density at radius 1 is 1.69 bits per heavy atom. The van der Waals surface area contributed by atoms with Crippen LogP contribution in [0.15, 0.2) is 12.4 Å². The van der Waals surface area contributed by atoms with E-state index in [2.05, 4.69) is 15.3 Å². The Bertz CT molecular complexity index is 293. The summed E-state index contributed by atoms with van der Waals surface area (Å²) >= 11 is 0. The van der Waals surface area contributed by atoms with Crippen molar-refractivity contribution in [1.29, 1.82) is 0 Å². The number of amides is 1. The molecule has 5 nitrogen and oxygen atoms in total. The number of aromatic nitrogens is 2. The van der Waals surface area contributed by atoms with Crippen LogP contribution in [0.3, 0.4) is 0 Å². The first kappa shape index (κ1) is 12.7. The maximum atomic E-state index is 11.5. The zero-order chi connectivity index (χ0) is 11.8. The fourth-order valence-corrected chi connectivity index (χ4v) is 1.48. The minimum absolute atomic E-state index is 0.0730. The van der Waals surface area contributed by atoms with Crippen molar-refractivity contribution in [2.45, 2.75) is 26.2 Å². The molecule has 1 heterocycles. The number of nitrogens with zero attached hydrogens (tertiary/aromatic N) is 1. The van der Waals surface area contributed by atoms with Gasteiger partial charge in [-0.1, -0.05) is 13.3 Å². The molecule has 0 aliphatic rings. The second kappa shape index (κ2) is 7.00. The SMILES string of the molecule is CCC(CN)CC(=O)NCCc1ncc[nH]1. The van der Waals surface area contributed by atoms with Gasteiger partial charge in [0, 0.05) is 31.8 Å². The van der Waals surface area contributed by atoms with Gasteiger partial charge in [-0.3, -0.25) is 4.79 Å². The summed E-state index contributed by atoms with van der Waals surface area (Å²) in [6.07, 6.45) is 5.68. The molecule has 0 radical (unpaired) electrons. The van der Waals surface area contributed by atoms with Crippen LogP contribution in [0.5, 0.6) is 0 Å². The molecule has 90 valence electrons. The van der Waals surface area contributed by atoms with Crippen molar-refractivity contribution in [1.82, 2.24) is 15.3 Å². The number of hydrogen-bond donors (Lipinski definition) is 3. The molecule has 0 saturated carbocycles. The first-order valence-electron chi connectivity index (χ1n) is 5.71. The summed E-state index contributed by atoms with van der Waals surface area (Å²) in [5, 5.41) is 2.87. The van der Waals surface area contributed by atoms with Crippen molar-refractivity contribution in [3.05, 3.63) is 18.2 Å². The molecule has 1 aromatic rings. The minimum Gasteiger partial charge on any atom is -0.356 e. The molecule has 5 heteroatoms. The number of H-pyrrole nitrogens is 1. The van der Waals surface area contributed by atoms with Gasteiger partial charge in [-0.05, 0) is 12.5 Å². The van der Waals surface area contributed by atoms with Gasteiger partial charge in [0.1, 0.15) is 5.82 Å². The molecule has 1 amide bonds. The zero-order valence-corrected chi connectivity index (χ0v) is 9.70. The van der Waals surface area contributed by atoms with Gasteiger partial charge >= 0.3 is 0 Å². The smallest absolute Gasteiger partial charge is 0.220 e. The molecule has 1 unspecified atom stereocenters. The van der Waals surface area contributed by atoms with E-state index >= 15 is 0 Å². The van der Waals surface area contributed by atoms with Crippen LogP contribution in [-0.4, -0.2) is 29.0 Å². The number of imidazole rings is 1. The summed E-state index contributed by atoms with van der Waals surface area (Å²) in [5.41, 5.74) is 5.54. The fraction of sp³-hybridized carbons (Fsp3) is 0.636. The van der Waals surface area contributed by atoms with E-state index in [1.165, 1.54) is 0 Å². The summed E-state index contributed by atoms with van der Waals surface area (Å²) in [4.78, 5) is 18.6. The Labute approximate surface area is 95.8 Å². The Kier molecular flexibility index (Phi) is 5.56. The number of carbonyl (C=O) groups excluding carboxylic acids is 1. The van der Waals surface area contributed by atoms with Gasteiger partial charge in [0.15, 0.2) is 0 Å². The summed E-state index contributed by atoms with van der Waals surface area (Å²) in [6, 6.07) is 0. The number of hydrogen-bond acceptors (Lipinski definition) is 3. The van der Waals surface area contributed by atoms with Crippen molar-refractivity contribution in [3.63, 3.8) is 0 Å². The van der Waals surface area contributed by atoms with E-state index in [0.29, 0.717) is 25.4 Å². The molecule has 0 spiro atoms. The molecular weight excluding hydrogens is 204 g/mol. The Hall–Kier alpha value is -1.36. The summed E-state index contributed by atoms with van der Waals surface area (Å²) in [5.74, 6) is 1.26. The number of aromatic amines is 1. The summed E-state index contributed by atoms with van der Waals surface area (Å²) in [7, 11) is 0. The Morgan fingerprint density at radius 2 is 2.50 bits per heavy atom. The van der Waals surface area contributed by atoms with Gasteiger partial charge in [0.05, 0.1) is 0 Å².